The number of carbonyl (C=O) groups is 1. The number of aromatic nitrogens is 1. The summed E-state index contributed by atoms with van der Waals surface area (Å²) < 4.78 is 1.47. The lowest BCUT2D eigenvalue weighted by Gasteiger charge is -2.22. The van der Waals surface area contributed by atoms with Crippen molar-refractivity contribution in [1.29, 1.82) is 0 Å². The Morgan fingerprint density at radius 3 is 2.78 bits per heavy atom. The van der Waals surface area contributed by atoms with E-state index in [1.165, 1.54) is 23.5 Å². The predicted octanol–water partition coefficient (Wildman–Crippen LogP) is 1.65. The molecule has 1 aliphatic carbocycles. The third-order valence-corrected chi connectivity index (χ3v) is 3.31. The van der Waals surface area contributed by atoms with Crippen LogP contribution in [0, 0.1) is 5.92 Å². The largest absolute Gasteiger partial charge is 0.338 e. The van der Waals surface area contributed by atoms with Crippen molar-refractivity contribution in [3.63, 3.8) is 0 Å². The van der Waals surface area contributed by atoms with Crippen LogP contribution in [0.2, 0.25) is 0 Å². The van der Waals surface area contributed by atoms with Gasteiger partial charge in [-0.1, -0.05) is 6.92 Å². The average molecular weight is 248 g/mol. The number of aryl methyl sites for hydroxylation is 1. The van der Waals surface area contributed by atoms with Crippen molar-refractivity contribution in [2.45, 2.75) is 26.2 Å². The van der Waals surface area contributed by atoms with Gasteiger partial charge < -0.3 is 9.47 Å². The molecule has 1 heterocycles. The minimum Gasteiger partial charge on any atom is -0.338 e. The Hall–Kier alpha value is -1.58. The molecule has 1 amide bonds. The molecule has 4 heteroatoms. The Kier molecular flexibility index (Phi) is 3.84. The molecule has 1 aliphatic rings. The minimum absolute atomic E-state index is 0.0125. The highest BCUT2D eigenvalue weighted by Crippen LogP contribution is 2.30. The number of rotatable bonds is 5. The van der Waals surface area contributed by atoms with Crippen LogP contribution in [0.25, 0.3) is 0 Å². The number of carbonyl (C=O) groups excluding carboxylic acids is 1. The predicted molar refractivity (Wildman–Crippen MR) is 70.6 cm³/mol. The molecule has 0 N–H and O–H groups in total. The monoisotopic (exact) mass is 248 g/mol. The van der Waals surface area contributed by atoms with Gasteiger partial charge in [-0.15, -0.1) is 0 Å². The SMILES string of the molecule is CCCN(CC1CC1)C(=O)c1ccn(C)c(=O)c1. The van der Waals surface area contributed by atoms with E-state index in [0.29, 0.717) is 11.5 Å². The maximum absolute atomic E-state index is 12.3. The summed E-state index contributed by atoms with van der Waals surface area (Å²) in [6.07, 6.45) is 5.05. The second-order valence-corrected chi connectivity index (χ2v) is 5.06. The van der Waals surface area contributed by atoms with Gasteiger partial charge in [-0.05, 0) is 31.2 Å². The zero-order valence-electron chi connectivity index (χ0n) is 11.1. The smallest absolute Gasteiger partial charge is 0.254 e. The van der Waals surface area contributed by atoms with Gasteiger partial charge in [0.15, 0.2) is 0 Å². The molecule has 1 aromatic rings. The Labute approximate surface area is 107 Å². The van der Waals surface area contributed by atoms with E-state index in [9.17, 15) is 9.59 Å². The Balaban J connectivity index is 2.15. The first-order chi connectivity index (χ1) is 8.61. The molecule has 2 rings (SSSR count). The van der Waals surface area contributed by atoms with Crippen molar-refractivity contribution in [2.24, 2.45) is 13.0 Å². The summed E-state index contributed by atoms with van der Waals surface area (Å²) in [6, 6.07) is 3.15. The molecule has 4 nitrogen and oxygen atoms in total. The van der Waals surface area contributed by atoms with E-state index < -0.39 is 0 Å². The van der Waals surface area contributed by atoms with E-state index in [1.54, 1.807) is 19.3 Å². The highest BCUT2D eigenvalue weighted by atomic mass is 16.2. The molecule has 0 bridgehead atoms. The van der Waals surface area contributed by atoms with Gasteiger partial charge in [0, 0.05) is 38.0 Å². The standard InChI is InChI=1S/C14H20N2O2/c1-3-7-16(10-11-4-5-11)14(18)12-6-8-15(2)13(17)9-12/h6,8-9,11H,3-5,7,10H2,1-2H3. The molecule has 0 saturated heterocycles. The van der Waals surface area contributed by atoms with E-state index in [-0.39, 0.29) is 11.5 Å². The fraction of sp³-hybridized carbons (Fsp3) is 0.571. The van der Waals surface area contributed by atoms with E-state index in [1.807, 2.05) is 4.90 Å². The number of pyridine rings is 1. The molecular formula is C14H20N2O2. The van der Waals surface area contributed by atoms with Gasteiger partial charge in [0.1, 0.15) is 0 Å². The summed E-state index contributed by atoms with van der Waals surface area (Å²) in [5, 5.41) is 0. The normalized spacial score (nSPS) is 14.6. The van der Waals surface area contributed by atoms with Gasteiger partial charge >= 0.3 is 0 Å². The molecule has 0 atom stereocenters. The van der Waals surface area contributed by atoms with Crippen LogP contribution in [0.1, 0.15) is 36.5 Å². The van der Waals surface area contributed by atoms with Crippen molar-refractivity contribution < 1.29 is 4.79 Å². The fourth-order valence-corrected chi connectivity index (χ4v) is 2.02. The first-order valence-corrected chi connectivity index (χ1v) is 6.57. The summed E-state index contributed by atoms with van der Waals surface area (Å²) >= 11 is 0. The number of nitrogens with zero attached hydrogens (tertiary/aromatic N) is 2. The summed E-state index contributed by atoms with van der Waals surface area (Å²) in [5.74, 6) is 0.661. The van der Waals surface area contributed by atoms with Gasteiger partial charge in [-0.25, -0.2) is 0 Å². The molecule has 98 valence electrons. The topological polar surface area (TPSA) is 42.3 Å². The number of hydrogen-bond donors (Lipinski definition) is 0. The Bertz CT molecular complexity index is 489. The lowest BCUT2D eigenvalue weighted by molar-refractivity contribution is 0.0747. The van der Waals surface area contributed by atoms with Crippen LogP contribution < -0.4 is 5.56 Å². The molecule has 0 spiro atoms. The van der Waals surface area contributed by atoms with Gasteiger partial charge in [0.2, 0.25) is 0 Å². The summed E-state index contributed by atoms with van der Waals surface area (Å²) in [7, 11) is 1.69. The molecule has 0 unspecified atom stereocenters. The van der Waals surface area contributed by atoms with Crippen LogP contribution in [0.5, 0.6) is 0 Å². The highest BCUT2D eigenvalue weighted by molar-refractivity contribution is 5.94. The van der Waals surface area contributed by atoms with Crippen LogP contribution in [0.4, 0.5) is 0 Å². The zero-order valence-corrected chi connectivity index (χ0v) is 11.1. The second-order valence-electron chi connectivity index (χ2n) is 5.06. The lowest BCUT2D eigenvalue weighted by atomic mass is 10.2. The quantitative estimate of drug-likeness (QED) is 0.795. The third-order valence-electron chi connectivity index (χ3n) is 3.31. The maximum atomic E-state index is 12.3. The third kappa shape index (κ3) is 3.00. The molecular weight excluding hydrogens is 228 g/mol. The van der Waals surface area contributed by atoms with Gasteiger partial charge in [-0.2, -0.15) is 0 Å². The summed E-state index contributed by atoms with van der Waals surface area (Å²) in [5.41, 5.74) is 0.371. The van der Waals surface area contributed by atoms with Crippen molar-refractivity contribution in [3.05, 3.63) is 34.2 Å². The molecule has 1 fully saturated rings. The van der Waals surface area contributed by atoms with Crippen molar-refractivity contribution in [3.8, 4) is 0 Å². The van der Waals surface area contributed by atoms with Crippen LogP contribution in [-0.2, 0) is 7.05 Å². The van der Waals surface area contributed by atoms with Gasteiger partial charge in [0.05, 0.1) is 0 Å². The summed E-state index contributed by atoms with van der Waals surface area (Å²) in [4.78, 5) is 25.8. The Morgan fingerprint density at radius 2 is 2.22 bits per heavy atom. The molecule has 0 aromatic carbocycles. The van der Waals surface area contributed by atoms with Crippen molar-refractivity contribution in [2.75, 3.05) is 13.1 Å². The maximum Gasteiger partial charge on any atom is 0.254 e. The van der Waals surface area contributed by atoms with Crippen molar-refractivity contribution in [1.82, 2.24) is 9.47 Å². The zero-order chi connectivity index (χ0) is 13.1. The van der Waals surface area contributed by atoms with Crippen LogP contribution >= 0.6 is 0 Å². The Morgan fingerprint density at radius 1 is 1.50 bits per heavy atom. The molecule has 18 heavy (non-hydrogen) atoms. The number of hydrogen-bond acceptors (Lipinski definition) is 2. The molecule has 0 aliphatic heterocycles. The molecule has 1 aromatic heterocycles. The van der Waals surface area contributed by atoms with Crippen molar-refractivity contribution >= 4 is 5.91 Å². The minimum atomic E-state index is -0.135. The van der Waals surface area contributed by atoms with Gasteiger partial charge in [0.25, 0.3) is 11.5 Å². The fourth-order valence-electron chi connectivity index (χ4n) is 2.02. The average Bonchev–Trinajstić information content (AvgIpc) is 3.15. The molecule has 0 radical (unpaired) electrons. The van der Waals surface area contributed by atoms with Crippen LogP contribution in [-0.4, -0.2) is 28.5 Å². The van der Waals surface area contributed by atoms with Gasteiger partial charge in [-0.3, -0.25) is 9.59 Å². The van der Waals surface area contributed by atoms with Crippen LogP contribution in [0.15, 0.2) is 23.1 Å². The first-order valence-electron chi connectivity index (χ1n) is 6.57. The second kappa shape index (κ2) is 5.38. The highest BCUT2D eigenvalue weighted by Gasteiger charge is 2.26. The van der Waals surface area contributed by atoms with Crippen LogP contribution in [0.3, 0.4) is 0 Å². The summed E-state index contributed by atoms with van der Waals surface area (Å²) in [6.45, 7) is 3.67. The lowest BCUT2D eigenvalue weighted by Crippen LogP contribution is -2.34. The first kappa shape index (κ1) is 12.9. The van der Waals surface area contributed by atoms with E-state index in [2.05, 4.69) is 6.92 Å². The van der Waals surface area contributed by atoms with E-state index in [4.69, 9.17) is 0 Å². The van der Waals surface area contributed by atoms with E-state index in [0.717, 1.165) is 19.5 Å². The van der Waals surface area contributed by atoms with E-state index >= 15 is 0 Å². The molecule has 1 saturated carbocycles. The number of amides is 1.